The van der Waals surface area contributed by atoms with Crippen LogP contribution >= 0.6 is 34.8 Å². The minimum Gasteiger partial charge on any atom is -0.361 e. The van der Waals surface area contributed by atoms with E-state index in [1.54, 1.807) is 0 Å². The number of alkyl halides is 8. The van der Waals surface area contributed by atoms with Gasteiger partial charge in [-0.15, -0.1) is 23.2 Å². The Hall–Kier alpha value is -1.25. The number of aromatic nitrogens is 1. The second-order valence-corrected chi connectivity index (χ2v) is 6.99. The Kier molecular flexibility index (Phi) is 5.75. The van der Waals surface area contributed by atoms with E-state index in [9.17, 15) is 26.7 Å². The fraction of sp³-hybridized carbons (Fsp3) is 0.357. The summed E-state index contributed by atoms with van der Waals surface area (Å²) in [7, 11) is 0. The van der Waals surface area contributed by atoms with Gasteiger partial charge < -0.3 is 9.88 Å². The number of rotatable bonds is 5. The molecule has 0 bridgehead atoms. The van der Waals surface area contributed by atoms with E-state index in [-0.39, 0.29) is 23.1 Å². The van der Waals surface area contributed by atoms with Gasteiger partial charge in [0, 0.05) is 29.2 Å². The van der Waals surface area contributed by atoms with Gasteiger partial charge in [-0.25, -0.2) is 0 Å². The molecule has 0 radical (unpaired) electrons. The average Bonchev–Trinajstić information content (AvgIpc) is 2.42. The first-order valence-electron chi connectivity index (χ1n) is 6.71. The molecule has 138 valence electrons. The van der Waals surface area contributed by atoms with Crippen molar-refractivity contribution in [1.29, 1.82) is 0 Å². The number of aromatic amines is 1. The lowest BCUT2D eigenvalue weighted by Crippen LogP contribution is -2.36. The Morgan fingerprint density at radius 3 is 2.28 bits per heavy atom. The van der Waals surface area contributed by atoms with Gasteiger partial charge in [-0.05, 0) is 29.8 Å². The van der Waals surface area contributed by atoms with Crippen LogP contribution in [0.15, 0.2) is 29.1 Å². The zero-order valence-corrected chi connectivity index (χ0v) is 14.4. The number of fused-ring (bicyclic) bond motifs is 1. The van der Waals surface area contributed by atoms with E-state index in [0.717, 1.165) is 11.0 Å². The molecule has 0 aliphatic carbocycles. The third kappa shape index (κ3) is 5.36. The molecule has 0 unspecified atom stereocenters. The van der Waals surface area contributed by atoms with E-state index >= 15 is 0 Å². The number of nitrogens with one attached hydrogen (secondary N) is 1. The van der Waals surface area contributed by atoms with Crippen LogP contribution in [0.2, 0.25) is 0 Å². The lowest BCUT2D eigenvalue weighted by molar-refractivity contribution is -0.136. The zero-order chi connectivity index (χ0) is 19.0. The zero-order valence-electron chi connectivity index (χ0n) is 12.2. The summed E-state index contributed by atoms with van der Waals surface area (Å²) < 4.78 is 65.8. The third-order valence-electron chi connectivity index (χ3n) is 3.23. The maximum Gasteiger partial charge on any atom is 0.417 e. The molecular formula is C14H10Cl3F5N2O. The normalized spacial score (nSPS) is 12.8. The molecule has 3 nitrogen and oxygen atoms in total. The monoisotopic (exact) mass is 422 g/mol. The number of hydrogen-bond acceptors (Lipinski definition) is 2. The van der Waals surface area contributed by atoms with E-state index < -0.39 is 34.1 Å². The highest BCUT2D eigenvalue weighted by molar-refractivity contribution is 6.44. The predicted molar refractivity (Wildman–Crippen MR) is 88.1 cm³/mol. The molecule has 1 aromatic heterocycles. The van der Waals surface area contributed by atoms with Crippen LogP contribution in [0.3, 0.4) is 0 Å². The van der Waals surface area contributed by atoms with Crippen molar-refractivity contribution < 1.29 is 22.0 Å². The van der Waals surface area contributed by atoms with Crippen LogP contribution in [0.4, 0.5) is 27.6 Å². The van der Waals surface area contributed by atoms with Crippen LogP contribution in [-0.2, 0) is 6.18 Å². The van der Waals surface area contributed by atoms with E-state index in [1.165, 1.54) is 12.1 Å². The summed E-state index contributed by atoms with van der Waals surface area (Å²) in [5.74, 6) is 0. The molecule has 0 aliphatic rings. The van der Waals surface area contributed by atoms with Crippen molar-refractivity contribution in [2.45, 2.75) is 16.4 Å². The summed E-state index contributed by atoms with van der Waals surface area (Å²) in [6.45, 7) is -1.30. The average molecular weight is 424 g/mol. The van der Waals surface area contributed by atoms with Crippen LogP contribution in [0.25, 0.3) is 10.9 Å². The molecule has 0 atom stereocenters. The first kappa shape index (κ1) is 20.1. The lowest BCUT2D eigenvalue weighted by Gasteiger charge is -2.27. The standard InChI is InChI=1S/C14H10Cl3F5N2O/c15-11(16)5-24(6-13(17,18)19)7-1-2-10-8(3-7)9(14(20,21)22)4-12(25)23-10/h1-4,11H,5-6H2,(H,23,25). The van der Waals surface area contributed by atoms with Crippen molar-refractivity contribution in [2.24, 2.45) is 0 Å². The van der Waals surface area contributed by atoms with Crippen LogP contribution < -0.4 is 10.5 Å². The Morgan fingerprint density at radius 2 is 1.76 bits per heavy atom. The molecule has 2 rings (SSSR count). The Morgan fingerprint density at radius 1 is 1.12 bits per heavy atom. The summed E-state index contributed by atoms with van der Waals surface area (Å²) in [5, 5.41) is -4.00. The van der Waals surface area contributed by atoms with Crippen molar-refractivity contribution in [1.82, 2.24) is 4.98 Å². The number of nitrogens with zero attached hydrogens (tertiary/aromatic N) is 1. The number of anilines is 1. The van der Waals surface area contributed by atoms with E-state index in [4.69, 9.17) is 34.8 Å². The molecule has 0 aliphatic heterocycles. The number of halogens is 8. The summed E-state index contributed by atoms with van der Waals surface area (Å²) in [5.41, 5.74) is -2.21. The largest absolute Gasteiger partial charge is 0.417 e. The molecule has 1 aromatic carbocycles. The summed E-state index contributed by atoms with van der Waals surface area (Å²) in [6, 6.07) is 3.86. The minimum absolute atomic E-state index is 0.00308. The molecule has 0 fully saturated rings. The van der Waals surface area contributed by atoms with Gasteiger partial charge in [-0.2, -0.15) is 22.0 Å². The molecule has 25 heavy (non-hydrogen) atoms. The van der Waals surface area contributed by atoms with Crippen molar-refractivity contribution in [3.05, 3.63) is 40.2 Å². The highest BCUT2D eigenvalue weighted by atomic mass is 35.5. The molecule has 11 heteroatoms. The topological polar surface area (TPSA) is 36.1 Å². The molecule has 0 saturated heterocycles. The molecule has 2 aromatic rings. The van der Waals surface area contributed by atoms with E-state index in [0.29, 0.717) is 6.07 Å². The van der Waals surface area contributed by atoms with Gasteiger partial charge in [0.2, 0.25) is 5.56 Å². The first-order valence-corrected chi connectivity index (χ1v) is 7.96. The van der Waals surface area contributed by atoms with Gasteiger partial charge in [-0.3, -0.25) is 4.79 Å². The Bertz CT molecular complexity index is 817. The van der Waals surface area contributed by atoms with E-state index in [2.05, 4.69) is 4.98 Å². The Balaban J connectivity index is 2.61. The summed E-state index contributed by atoms with van der Waals surface area (Å²) in [6.07, 6.45) is -4.80. The van der Waals surface area contributed by atoms with E-state index in [1.807, 2.05) is 0 Å². The van der Waals surface area contributed by atoms with Gasteiger partial charge in [0.25, 0.3) is 0 Å². The minimum atomic E-state index is -4.80. The van der Waals surface area contributed by atoms with Crippen LogP contribution in [0, 0.1) is 0 Å². The molecule has 0 amide bonds. The molecule has 1 heterocycles. The summed E-state index contributed by atoms with van der Waals surface area (Å²) >= 11 is 16.1. The van der Waals surface area contributed by atoms with Crippen LogP contribution in [-0.4, -0.2) is 28.3 Å². The van der Waals surface area contributed by atoms with Crippen molar-refractivity contribution in [2.75, 3.05) is 18.0 Å². The van der Waals surface area contributed by atoms with Gasteiger partial charge >= 0.3 is 11.6 Å². The van der Waals surface area contributed by atoms with Gasteiger partial charge in [-0.1, -0.05) is 0 Å². The molecule has 0 spiro atoms. The second kappa shape index (κ2) is 7.17. The smallest absolute Gasteiger partial charge is 0.361 e. The van der Waals surface area contributed by atoms with Crippen molar-refractivity contribution in [3.63, 3.8) is 0 Å². The van der Waals surface area contributed by atoms with Crippen molar-refractivity contribution in [3.8, 4) is 0 Å². The number of H-pyrrole nitrogens is 1. The van der Waals surface area contributed by atoms with Crippen molar-refractivity contribution >= 4 is 51.4 Å². The van der Waals surface area contributed by atoms with Crippen LogP contribution in [0.1, 0.15) is 5.56 Å². The first-order chi connectivity index (χ1) is 11.4. The maximum absolute atomic E-state index is 13.2. The summed E-state index contributed by atoms with van der Waals surface area (Å²) in [4.78, 5) is 13.5. The fourth-order valence-electron chi connectivity index (χ4n) is 2.32. The third-order valence-corrected chi connectivity index (χ3v) is 3.62. The molecular weight excluding hydrogens is 414 g/mol. The van der Waals surface area contributed by atoms with Gasteiger partial charge in [0.1, 0.15) is 4.84 Å². The second-order valence-electron chi connectivity index (χ2n) is 5.16. The fourth-order valence-corrected chi connectivity index (χ4v) is 2.79. The van der Waals surface area contributed by atoms with Gasteiger partial charge in [0.15, 0.2) is 0 Å². The quantitative estimate of drug-likeness (QED) is 0.543. The highest BCUT2D eigenvalue weighted by Gasteiger charge is 2.34. The SMILES string of the molecule is O=c1cc(C(F)(F)F)c2cc(N(CC(Cl)Cl)CC(F)(F)Cl)ccc2[nH]1. The Labute approximate surface area is 153 Å². The van der Waals surface area contributed by atoms with Crippen LogP contribution in [0.5, 0.6) is 0 Å². The maximum atomic E-state index is 13.2. The predicted octanol–water partition coefficient (Wildman–Crippen LogP) is 4.99. The number of hydrogen-bond donors (Lipinski definition) is 1. The van der Waals surface area contributed by atoms with Gasteiger partial charge in [0.05, 0.1) is 12.1 Å². The number of benzene rings is 1. The molecule has 0 saturated carbocycles. The highest BCUT2D eigenvalue weighted by Crippen LogP contribution is 2.35. The number of pyridine rings is 1. The lowest BCUT2D eigenvalue weighted by atomic mass is 10.1. The molecule has 1 N–H and O–H groups in total.